The van der Waals surface area contributed by atoms with Crippen molar-refractivity contribution in [3.8, 4) is 23.0 Å². The van der Waals surface area contributed by atoms with E-state index in [9.17, 15) is 9.59 Å². The summed E-state index contributed by atoms with van der Waals surface area (Å²) in [4.78, 5) is 26.9. The third-order valence-corrected chi connectivity index (χ3v) is 5.51. The summed E-state index contributed by atoms with van der Waals surface area (Å²) in [5, 5.41) is 2.88. The number of carbonyl (C=O) groups excluding carboxylic acids is 2. The van der Waals surface area contributed by atoms with Crippen molar-refractivity contribution in [2.45, 2.75) is 20.3 Å². The van der Waals surface area contributed by atoms with Crippen LogP contribution in [0.3, 0.4) is 0 Å². The van der Waals surface area contributed by atoms with Gasteiger partial charge in [-0.15, -0.1) is 0 Å². The molecule has 1 aliphatic heterocycles. The van der Waals surface area contributed by atoms with Crippen molar-refractivity contribution in [3.63, 3.8) is 0 Å². The van der Waals surface area contributed by atoms with Gasteiger partial charge in [0.25, 0.3) is 0 Å². The zero-order chi connectivity index (χ0) is 23.3. The minimum Gasteiger partial charge on any atom is -0.493 e. The molecular formula is C24H30N2O6. The molecular weight excluding hydrogens is 412 g/mol. The van der Waals surface area contributed by atoms with Crippen molar-refractivity contribution in [2.75, 3.05) is 45.9 Å². The summed E-state index contributed by atoms with van der Waals surface area (Å²) in [6.45, 7) is 4.98. The van der Waals surface area contributed by atoms with E-state index in [1.165, 1.54) is 21.3 Å². The van der Waals surface area contributed by atoms with Gasteiger partial charge in [0.2, 0.25) is 17.6 Å². The van der Waals surface area contributed by atoms with Crippen LogP contribution in [0.25, 0.3) is 0 Å². The standard InChI is InChI=1S/C24H30N2O6/c1-15-7-6-8-16(2)22(15)32-10-9-25-24(28)17-11-21(27)26(14-17)18-12-19(29-3)23(31-5)20(13-18)30-4/h6-8,12-13,17H,9-11,14H2,1-5H3,(H,25,28). The van der Waals surface area contributed by atoms with Gasteiger partial charge >= 0.3 is 0 Å². The maximum atomic E-state index is 12.6. The molecule has 1 fully saturated rings. The predicted octanol–water partition coefficient (Wildman–Crippen LogP) is 2.88. The number of benzene rings is 2. The molecule has 0 aliphatic carbocycles. The minimum absolute atomic E-state index is 0.133. The summed E-state index contributed by atoms with van der Waals surface area (Å²) in [6.07, 6.45) is 0.139. The van der Waals surface area contributed by atoms with Crippen molar-refractivity contribution < 1.29 is 28.5 Å². The Kier molecular flexibility index (Phi) is 7.45. The second-order valence-corrected chi connectivity index (χ2v) is 7.65. The molecule has 2 amide bonds. The predicted molar refractivity (Wildman–Crippen MR) is 121 cm³/mol. The Morgan fingerprint density at radius 1 is 1.03 bits per heavy atom. The zero-order valence-corrected chi connectivity index (χ0v) is 19.2. The molecule has 1 heterocycles. The Morgan fingerprint density at radius 3 is 2.22 bits per heavy atom. The molecule has 2 aromatic carbocycles. The molecule has 8 heteroatoms. The van der Waals surface area contributed by atoms with Crippen LogP contribution in [0.5, 0.6) is 23.0 Å². The van der Waals surface area contributed by atoms with E-state index >= 15 is 0 Å². The van der Waals surface area contributed by atoms with Gasteiger partial charge in [0.15, 0.2) is 11.5 Å². The van der Waals surface area contributed by atoms with Crippen molar-refractivity contribution >= 4 is 17.5 Å². The van der Waals surface area contributed by atoms with E-state index in [0.717, 1.165) is 16.9 Å². The van der Waals surface area contributed by atoms with E-state index in [1.807, 2.05) is 32.0 Å². The van der Waals surface area contributed by atoms with Crippen LogP contribution in [-0.2, 0) is 9.59 Å². The van der Waals surface area contributed by atoms with Crippen LogP contribution in [-0.4, -0.2) is 52.8 Å². The molecule has 172 valence electrons. The number of anilines is 1. The number of hydrogen-bond acceptors (Lipinski definition) is 6. The lowest BCUT2D eigenvalue weighted by molar-refractivity contribution is -0.126. The molecule has 32 heavy (non-hydrogen) atoms. The van der Waals surface area contributed by atoms with Gasteiger partial charge in [0.05, 0.1) is 39.5 Å². The monoisotopic (exact) mass is 442 g/mol. The fourth-order valence-electron chi connectivity index (χ4n) is 3.85. The number of nitrogens with zero attached hydrogens (tertiary/aromatic N) is 1. The third kappa shape index (κ3) is 4.90. The topological polar surface area (TPSA) is 86.3 Å². The highest BCUT2D eigenvalue weighted by Gasteiger charge is 2.35. The van der Waals surface area contributed by atoms with Crippen molar-refractivity contribution in [2.24, 2.45) is 5.92 Å². The maximum Gasteiger partial charge on any atom is 0.227 e. The number of rotatable bonds is 9. The third-order valence-electron chi connectivity index (χ3n) is 5.51. The van der Waals surface area contributed by atoms with Gasteiger partial charge in [-0.25, -0.2) is 0 Å². The molecule has 0 saturated carbocycles. The summed E-state index contributed by atoms with van der Waals surface area (Å²) >= 11 is 0. The van der Waals surface area contributed by atoms with Crippen molar-refractivity contribution in [1.82, 2.24) is 5.32 Å². The molecule has 0 radical (unpaired) electrons. The lowest BCUT2D eigenvalue weighted by Crippen LogP contribution is -2.35. The molecule has 1 saturated heterocycles. The number of aryl methyl sites for hydroxylation is 2. The van der Waals surface area contributed by atoms with Crippen molar-refractivity contribution in [1.29, 1.82) is 0 Å². The van der Waals surface area contributed by atoms with Crippen LogP contribution >= 0.6 is 0 Å². The molecule has 1 N–H and O–H groups in total. The molecule has 0 spiro atoms. The first kappa shape index (κ1) is 23.2. The second kappa shape index (κ2) is 10.3. The van der Waals surface area contributed by atoms with Crippen LogP contribution < -0.4 is 29.2 Å². The highest BCUT2D eigenvalue weighted by molar-refractivity contribution is 6.00. The summed E-state index contributed by atoms with van der Waals surface area (Å²) in [6, 6.07) is 9.37. The Hall–Kier alpha value is -3.42. The lowest BCUT2D eigenvalue weighted by atomic mass is 10.1. The molecule has 1 unspecified atom stereocenters. The molecule has 8 nitrogen and oxygen atoms in total. The number of ether oxygens (including phenoxy) is 4. The first-order chi connectivity index (χ1) is 15.4. The summed E-state index contributed by atoms with van der Waals surface area (Å²) in [7, 11) is 4.55. The van der Waals surface area contributed by atoms with Gasteiger partial charge in [-0.2, -0.15) is 0 Å². The summed E-state index contributed by atoms with van der Waals surface area (Å²) < 4.78 is 21.9. The Labute approximate surface area is 188 Å². The van der Waals surface area contributed by atoms with Crippen LogP contribution in [0.1, 0.15) is 17.5 Å². The molecule has 1 atom stereocenters. The van der Waals surface area contributed by atoms with E-state index in [4.69, 9.17) is 18.9 Å². The van der Waals surface area contributed by atoms with Gasteiger partial charge in [-0.3, -0.25) is 9.59 Å². The number of carbonyl (C=O) groups is 2. The smallest absolute Gasteiger partial charge is 0.227 e. The molecule has 0 bridgehead atoms. The first-order valence-corrected chi connectivity index (χ1v) is 10.5. The SMILES string of the molecule is COc1cc(N2CC(C(=O)NCCOc3c(C)cccc3C)CC2=O)cc(OC)c1OC. The van der Waals surface area contributed by atoms with Crippen LogP contribution in [0.2, 0.25) is 0 Å². The lowest BCUT2D eigenvalue weighted by Gasteiger charge is -2.20. The highest BCUT2D eigenvalue weighted by atomic mass is 16.5. The van der Waals surface area contributed by atoms with Gasteiger partial charge in [0.1, 0.15) is 12.4 Å². The van der Waals surface area contributed by atoms with Crippen LogP contribution in [0.15, 0.2) is 30.3 Å². The zero-order valence-electron chi connectivity index (χ0n) is 19.2. The summed E-state index contributed by atoms with van der Waals surface area (Å²) in [5.74, 6) is 1.44. The van der Waals surface area contributed by atoms with Gasteiger partial charge in [-0.05, 0) is 25.0 Å². The minimum atomic E-state index is -0.443. The average molecular weight is 443 g/mol. The van der Waals surface area contributed by atoms with Crippen molar-refractivity contribution in [3.05, 3.63) is 41.5 Å². The Morgan fingerprint density at radius 2 is 1.66 bits per heavy atom. The van der Waals surface area contributed by atoms with E-state index in [0.29, 0.717) is 36.1 Å². The van der Waals surface area contributed by atoms with Gasteiger partial charge in [-0.1, -0.05) is 18.2 Å². The molecule has 2 aromatic rings. The molecule has 3 rings (SSSR count). The number of methoxy groups -OCH3 is 3. The van der Waals surface area contributed by atoms with Crippen LogP contribution in [0.4, 0.5) is 5.69 Å². The highest BCUT2D eigenvalue weighted by Crippen LogP contribution is 2.42. The quantitative estimate of drug-likeness (QED) is 0.601. The van der Waals surface area contributed by atoms with E-state index in [2.05, 4.69) is 5.32 Å². The van der Waals surface area contributed by atoms with E-state index < -0.39 is 5.92 Å². The van der Waals surface area contributed by atoms with Crippen LogP contribution in [0, 0.1) is 19.8 Å². The fraction of sp³-hybridized carbons (Fsp3) is 0.417. The first-order valence-electron chi connectivity index (χ1n) is 10.5. The maximum absolute atomic E-state index is 12.6. The van der Waals surface area contributed by atoms with E-state index in [1.54, 1.807) is 17.0 Å². The summed E-state index contributed by atoms with van der Waals surface area (Å²) in [5.41, 5.74) is 2.70. The fourth-order valence-corrected chi connectivity index (χ4v) is 3.85. The second-order valence-electron chi connectivity index (χ2n) is 7.65. The largest absolute Gasteiger partial charge is 0.493 e. The van der Waals surface area contributed by atoms with E-state index in [-0.39, 0.29) is 24.8 Å². The number of nitrogens with one attached hydrogen (secondary N) is 1. The molecule has 0 aromatic heterocycles. The number of para-hydroxylation sites is 1. The number of hydrogen-bond donors (Lipinski definition) is 1. The Bertz CT molecular complexity index is 945. The Balaban J connectivity index is 1.60. The number of amides is 2. The molecule has 1 aliphatic rings. The normalized spacial score (nSPS) is 15.5. The average Bonchev–Trinajstić information content (AvgIpc) is 3.18. The van der Waals surface area contributed by atoms with Gasteiger partial charge in [0, 0.05) is 25.1 Å². The van der Waals surface area contributed by atoms with Gasteiger partial charge < -0.3 is 29.2 Å².